The van der Waals surface area contributed by atoms with E-state index in [2.05, 4.69) is 13.8 Å². The molecule has 1 N–H and O–H groups in total. The number of carbonyl (C=O) groups is 2. The summed E-state index contributed by atoms with van der Waals surface area (Å²) in [5.74, 6) is -1.14. The zero-order valence-corrected chi connectivity index (χ0v) is 14.4. The Morgan fingerprint density at radius 3 is 2.00 bits per heavy atom. The van der Waals surface area contributed by atoms with E-state index in [1.165, 1.54) is 32.1 Å². The second-order valence-corrected chi connectivity index (χ2v) is 6.08. The molecule has 1 unspecified atom stereocenters. The molecule has 0 spiro atoms. The highest BCUT2D eigenvalue weighted by atomic mass is 16.5. The Kier molecular flexibility index (Phi) is 14.1. The number of carbonyl (C=O) groups excluding carboxylic acids is 1. The van der Waals surface area contributed by atoms with Gasteiger partial charge in [-0.2, -0.15) is 0 Å². The highest BCUT2D eigenvalue weighted by Gasteiger charge is 2.17. The molecule has 0 rings (SSSR count). The predicted octanol–water partition coefficient (Wildman–Crippen LogP) is 5.09. The molecule has 4 heteroatoms. The Balaban J connectivity index is 3.79. The van der Waals surface area contributed by atoms with Crippen molar-refractivity contribution in [3.8, 4) is 0 Å². The van der Waals surface area contributed by atoms with Crippen LogP contribution in [0.5, 0.6) is 0 Å². The van der Waals surface area contributed by atoms with Crippen LogP contribution in [0.25, 0.3) is 0 Å². The van der Waals surface area contributed by atoms with E-state index >= 15 is 0 Å². The quantitative estimate of drug-likeness (QED) is 0.337. The summed E-state index contributed by atoms with van der Waals surface area (Å²) in [5, 5.41) is 8.88. The summed E-state index contributed by atoms with van der Waals surface area (Å²) in [5.41, 5.74) is 0. The average Bonchev–Trinajstić information content (AvgIpc) is 2.46. The van der Waals surface area contributed by atoms with Crippen molar-refractivity contribution in [3.05, 3.63) is 0 Å². The van der Waals surface area contributed by atoms with Crippen LogP contribution >= 0.6 is 0 Å². The van der Waals surface area contributed by atoms with Gasteiger partial charge in [0.1, 0.15) is 6.10 Å². The van der Waals surface area contributed by atoms with Crippen LogP contribution in [0, 0.1) is 0 Å². The summed E-state index contributed by atoms with van der Waals surface area (Å²) in [6.45, 7) is 4.29. The van der Waals surface area contributed by atoms with Gasteiger partial charge in [0, 0.05) is 6.42 Å². The molecule has 0 saturated carbocycles. The number of aliphatic carboxylic acids is 1. The molecule has 130 valence electrons. The summed E-state index contributed by atoms with van der Waals surface area (Å²) < 4.78 is 5.33. The summed E-state index contributed by atoms with van der Waals surface area (Å²) in [6, 6.07) is 0. The molecule has 4 nitrogen and oxygen atoms in total. The molecular formula is C18H34O4. The minimum absolute atomic E-state index is 0.0769. The normalized spacial score (nSPS) is 12.1. The van der Waals surface area contributed by atoms with Gasteiger partial charge in [0.05, 0.1) is 6.42 Å². The SMILES string of the molecule is CCCCCCCCCC(=O)OC(CCCCC)CC(=O)O. The number of ether oxygens (including phenoxy) is 1. The number of carboxylic acid groups (broad SMARTS) is 1. The van der Waals surface area contributed by atoms with Gasteiger partial charge in [-0.15, -0.1) is 0 Å². The Morgan fingerprint density at radius 1 is 0.864 bits per heavy atom. The van der Waals surface area contributed by atoms with E-state index in [9.17, 15) is 9.59 Å². The number of rotatable bonds is 15. The number of unbranched alkanes of at least 4 members (excludes halogenated alkanes) is 8. The molecule has 0 fully saturated rings. The van der Waals surface area contributed by atoms with Gasteiger partial charge >= 0.3 is 11.9 Å². The first-order valence-corrected chi connectivity index (χ1v) is 9.01. The van der Waals surface area contributed by atoms with Gasteiger partial charge in [-0.25, -0.2) is 0 Å². The molecule has 1 atom stereocenters. The van der Waals surface area contributed by atoms with Crippen molar-refractivity contribution in [2.45, 2.75) is 103 Å². The lowest BCUT2D eigenvalue weighted by Gasteiger charge is -2.16. The Bertz CT molecular complexity index is 289. The largest absolute Gasteiger partial charge is 0.481 e. The van der Waals surface area contributed by atoms with E-state index in [-0.39, 0.29) is 12.4 Å². The number of carboxylic acids is 1. The number of esters is 1. The maximum Gasteiger partial charge on any atom is 0.307 e. The fraction of sp³-hybridized carbons (Fsp3) is 0.889. The van der Waals surface area contributed by atoms with Crippen LogP contribution in [-0.4, -0.2) is 23.1 Å². The van der Waals surface area contributed by atoms with E-state index < -0.39 is 12.1 Å². The van der Waals surface area contributed by atoms with Crippen molar-refractivity contribution < 1.29 is 19.4 Å². The van der Waals surface area contributed by atoms with Crippen molar-refractivity contribution in [2.75, 3.05) is 0 Å². The zero-order chi connectivity index (χ0) is 16.6. The number of hydrogen-bond acceptors (Lipinski definition) is 3. The molecule has 0 amide bonds. The van der Waals surface area contributed by atoms with E-state index in [0.717, 1.165) is 32.1 Å². The Morgan fingerprint density at radius 2 is 1.41 bits per heavy atom. The lowest BCUT2D eigenvalue weighted by molar-refractivity contribution is -0.153. The molecule has 0 heterocycles. The van der Waals surface area contributed by atoms with Gasteiger partial charge in [0.15, 0.2) is 0 Å². The third-order valence-corrected chi connectivity index (χ3v) is 3.81. The first kappa shape index (κ1) is 20.9. The van der Waals surface area contributed by atoms with Crippen LogP contribution in [0.2, 0.25) is 0 Å². The zero-order valence-electron chi connectivity index (χ0n) is 14.4. The molecule has 0 aliphatic carbocycles. The molecule has 0 saturated heterocycles. The van der Waals surface area contributed by atoms with E-state index in [4.69, 9.17) is 9.84 Å². The first-order valence-electron chi connectivity index (χ1n) is 9.01. The van der Waals surface area contributed by atoms with Crippen LogP contribution < -0.4 is 0 Å². The highest BCUT2D eigenvalue weighted by Crippen LogP contribution is 2.13. The second-order valence-electron chi connectivity index (χ2n) is 6.08. The van der Waals surface area contributed by atoms with E-state index in [1.54, 1.807) is 0 Å². The van der Waals surface area contributed by atoms with Gasteiger partial charge in [-0.1, -0.05) is 65.2 Å². The molecule has 0 bridgehead atoms. The van der Waals surface area contributed by atoms with Crippen molar-refractivity contribution in [1.82, 2.24) is 0 Å². The predicted molar refractivity (Wildman–Crippen MR) is 88.9 cm³/mol. The smallest absolute Gasteiger partial charge is 0.307 e. The monoisotopic (exact) mass is 314 g/mol. The topological polar surface area (TPSA) is 63.6 Å². The lowest BCUT2D eigenvalue weighted by Crippen LogP contribution is -2.21. The maximum atomic E-state index is 11.8. The van der Waals surface area contributed by atoms with Gasteiger partial charge in [-0.3, -0.25) is 9.59 Å². The molecule has 0 aliphatic rings. The standard InChI is InChI=1S/C18H34O4/c1-3-5-7-8-9-10-12-14-18(21)22-16(15-17(19)20)13-11-6-4-2/h16H,3-15H2,1-2H3,(H,19,20). The third-order valence-electron chi connectivity index (χ3n) is 3.81. The van der Waals surface area contributed by atoms with Crippen LogP contribution in [0.3, 0.4) is 0 Å². The first-order chi connectivity index (χ1) is 10.6. The van der Waals surface area contributed by atoms with Gasteiger partial charge < -0.3 is 9.84 Å². The van der Waals surface area contributed by atoms with Crippen molar-refractivity contribution in [3.63, 3.8) is 0 Å². The summed E-state index contributed by atoms with van der Waals surface area (Å²) in [6.07, 6.45) is 11.7. The van der Waals surface area contributed by atoms with Crippen molar-refractivity contribution >= 4 is 11.9 Å². The minimum Gasteiger partial charge on any atom is -0.481 e. The van der Waals surface area contributed by atoms with Crippen LogP contribution in [0.15, 0.2) is 0 Å². The molecule has 0 aliphatic heterocycles. The summed E-state index contributed by atoms with van der Waals surface area (Å²) >= 11 is 0. The fourth-order valence-corrected chi connectivity index (χ4v) is 2.49. The molecule has 0 radical (unpaired) electrons. The van der Waals surface area contributed by atoms with Crippen LogP contribution in [0.1, 0.15) is 97.3 Å². The molecule has 0 aromatic carbocycles. The number of hydrogen-bond donors (Lipinski definition) is 1. The van der Waals surface area contributed by atoms with Gasteiger partial charge in [0.2, 0.25) is 0 Å². The second kappa shape index (κ2) is 14.9. The summed E-state index contributed by atoms with van der Waals surface area (Å²) in [4.78, 5) is 22.6. The van der Waals surface area contributed by atoms with E-state index in [1.807, 2.05) is 0 Å². The maximum absolute atomic E-state index is 11.8. The summed E-state index contributed by atoms with van der Waals surface area (Å²) in [7, 11) is 0. The van der Waals surface area contributed by atoms with Gasteiger partial charge in [-0.05, 0) is 19.3 Å². The molecule has 22 heavy (non-hydrogen) atoms. The van der Waals surface area contributed by atoms with Crippen molar-refractivity contribution in [2.24, 2.45) is 0 Å². The average molecular weight is 314 g/mol. The fourth-order valence-electron chi connectivity index (χ4n) is 2.49. The molecule has 0 aromatic heterocycles. The van der Waals surface area contributed by atoms with Crippen LogP contribution in [0.4, 0.5) is 0 Å². The Hall–Kier alpha value is -1.06. The minimum atomic E-state index is -0.898. The molecule has 0 aromatic rings. The highest BCUT2D eigenvalue weighted by molar-refractivity contribution is 5.71. The van der Waals surface area contributed by atoms with Crippen LogP contribution in [-0.2, 0) is 14.3 Å². The van der Waals surface area contributed by atoms with E-state index in [0.29, 0.717) is 12.8 Å². The third kappa shape index (κ3) is 13.9. The molecular weight excluding hydrogens is 280 g/mol. The van der Waals surface area contributed by atoms with Crippen molar-refractivity contribution in [1.29, 1.82) is 0 Å². The Labute approximate surface area is 135 Å². The lowest BCUT2D eigenvalue weighted by atomic mass is 10.1. The van der Waals surface area contributed by atoms with Gasteiger partial charge in [0.25, 0.3) is 0 Å².